The Labute approximate surface area is 207 Å². The second-order valence-corrected chi connectivity index (χ2v) is 11.2. The molecule has 3 aliphatic carbocycles. The number of carbonyl (C=O) groups is 1. The maximum Gasteiger partial charge on any atom is 0.266 e. The van der Waals surface area contributed by atoms with Gasteiger partial charge in [0.1, 0.15) is 5.82 Å². The number of rotatable bonds is 7. The van der Waals surface area contributed by atoms with E-state index in [-0.39, 0.29) is 28.6 Å². The number of likely N-dealkylation sites (tertiary alicyclic amines) is 1. The summed E-state index contributed by atoms with van der Waals surface area (Å²) in [5.41, 5.74) is 0.180. The van der Waals surface area contributed by atoms with Crippen molar-refractivity contribution in [3.8, 4) is 0 Å². The average Bonchev–Trinajstić information content (AvgIpc) is 3.65. The Bertz CT molecular complexity index is 1260. The molecule has 4 fully saturated rings. The molecule has 36 heavy (non-hydrogen) atoms. The van der Waals surface area contributed by atoms with Crippen LogP contribution >= 0.6 is 0 Å². The first-order valence-electron chi connectivity index (χ1n) is 12.8. The predicted octanol–water partition coefficient (Wildman–Crippen LogP) is 4.50. The van der Waals surface area contributed by atoms with Gasteiger partial charge in [-0.15, -0.1) is 0 Å². The SMILES string of the molecule is C[C@@H](NC(=O)c1cn([C@H]2CC23CCC3)c(=O)cc1N[C@H]1[C@@H]2CN(C)C[C@@H]21)c1cccc(C(F)F)c1F. The summed E-state index contributed by atoms with van der Waals surface area (Å²) in [6.45, 7) is 3.52. The lowest BCUT2D eigenvalue weighted by atomic mass is 9.81. The molecule has 2 aromatic rings. The van der Waals surface area contributed by atoms with Gasteiger partial charge in [-0.1, -0.05) is 24.6 Å². The lowest BCUT2D eigenvalue weighted by molar-refractivity contribution is 0.0939. The van der Waals surface area contributed by atoms with E-state index in [1.54, 1.807) is 17.7 Å². The lowest BCUT2D eigenvalue weighted by Crippen LogP contribution is -2.32. The quantitative estimate of drug-likeness (QED) is 0.588. The minimum absolute atomic E-state index is 0.000596. The highest BCUT2D eigenvalue weighted by molar-refractivity contribution is 5.99. The van der Waals surface area contributed by atoms with Crippen molar-refractivity contribution in [1.29, 1.82) is 0 Å². The van der Waals surface area contributed by atoms with Gasteiger partial charge in [-0.05, 0) is 50.5 Å². The summed E-state index contributed by atoms with van der Waals surface area (Å²) in [5.74, 6) is -0.504. The third kappa shape index (κ3) is 3.83. The number of aromatic nitrogens is 1. The molecule has 2 N–H and O–H groups in total. The average molecular weight is 501 g/mol. The zero-order valence-corrected chi connectivity index (χ0v) is 20.4. The summed E-state index contributed by atoms with van der Waals surface area (Å²) in [7, 11) is 2.08. The fourth-order valence-corrected chi connectivity index (χ4v) is 6.53. The number of piperidine rings is 1. The molecule has 1 spiro atoms. The van der Waals surface area contributed by atoms with Gasteiger partial charge in [-0.2, -0.15) is 0 Å². The van der Waals surface area contributed by atoms with Crippen LogP contribution in [0.3, 0.4) is 0 Å². The molecule has 1 aromatic carbocycles. The van der Waals surface area contributed by atoms with Gasteiger partial charge in [0.2, 0.25) is 0 Å². The lowest BCUT2D eigenvalue weighted by Gasteiger charge is -2.27. The number of amides is 1. The third-order valence-corrected chi connectivity index (χ3v) is 8.96. The van der Waals surface area contributed by atoms with Crippen molar-refractivity contribution in [3.63, 3.8) is 0 Å². The Kier molecular flexibility index (Phi) is 5.48. The van der Waals surface area contributed by atoms with Gasteiger partial charge in [-0.25, -0.2) is 13.2 Å². The predicted molar refractivity (Wildman–Crippen MR) is 130 cm³/mol. The van der Waals surface area contributed by atoms with E-state index < -0.39 is 29.8 Å². The molecule has 192 valence electrons. The summed E-state index contributed by atoms with van der Waals surface area (Å²) in [6, 6.07) is 4.80. The van der Waals surface area contributed by atoms with Crippen LogP contribution in [-0.2, 0) is 0 Å². The molecular formula is C27H31F3N4O2. The van der Waals surface area contributed by atoms with E-state index in [0.29, 0.717) is 23.1 Å². The van der Waals surface area contributed by atoms with E-state index in [1.165, 1.54) is 18.2 Å². The number of hydrogen-bond donors (Lipinski definition) is 2. The summed E-state index contributed by atoms with van der Waals surface area (Å²) in [6.07, 6.45) is 3.00. The molecule has 0 bridgehead atoms. The van der Waals surface area contributed by atoms with Crippen LogP contribution in [0, 0.1) is 23.1 Å². The minimum Gasteiger partial charge on any atom is -0.381 e. The molecule has 1 aliphatic heterocycles. The van der Waals surface area contributed by atoms with Gasteiger partial charge in [0.05, 0.1) is 22.9 Å². The number of fused-ring (bicyclic) bond motifs is 1. The fourth-order valence-electron chi connectivity index (χ4n) is 6.53. The van der Waals surface area contributed by atoms with E-state index in [2.05, 4.69) is 22.6 Å². The van der Waals surface area contributed by atoms with Crippen LogP contribution in [0.25, 0.3) is 0 Å². The summed E-state index contributed by atoms with van der Waals surface area (Å²) >= 11 is 0. The summed E-state index contributed by atoms with van der Waals surface area (Å²) < 4.78 is 42.8. The van der Waals surface area contributed by atoms with E-state index in [4.69, 9.17) is 0 Å². The van der Waals surface area contributed by atoms with Crippen molar-refractivity contribution in [1.82, 2.24) is 14.8 Å². The van der Waals surface area contributed by atoms with Crippen LogP contribution in [0.4, 0.5) is 18.9 Å². The van der Waals surface area contributed by atoms with Crippen molar-refractivity contribution >= 4 is 11.6 Å². The topological polar surface area (TPSA) is 66.4 Å². The van der Waals surface area contributed by atoms with E-state index in [0.717, 1.165) is 44.8 Å². The molecule has 0 radical (unpaired) electrons. The number of anilines is 1. The smallest absolute Gasteiger partial charge is 0.266 e. The highest BCUT2D eigenvalue weighted by atomic mass is 19.3. The van der Waals surface area contributed by atoms with Crippen molar-refractivity contribution in [2.75, 3.05) is 25.5 Å². The van der Waals surface area contributed by atoms with Gasteiger partial charge < -0.3 is 20.1 Å². The molecule has 6 rings (SSSR count). The van der Waals surface area contributed by atoms with Crippen LogP contribution in [0.2, 0.25) is 0 Å². The van der Waals surface area contributed by atoms with Crippen LogP contribution in [-0.4, -0.2) is 41.6 Å². The largest absolute Gasteiger partial charge is 0.381 e. The van der Waals surface area contributed by atoms with Crippen LogP contribution < -0.4 is 16.2 Å². The van der Waals surface area contributed by atoms with Crippen molar-refractivity contribution in [3.05, 3.63) is 63.3 Å². The van der Waals surface area contributed by atoms with Gasteiger partial charge in [0, 0.05) is 43.0 Å². The van der Waals surface area contributed by atoms with Crippen LogP contribution in [0.1, 0.15) is 72.6 Å². The molecule has 6 nitrogen and oxygen atoms in total. The standard InChI is InChI=1S/C27H31F3N4O2/c1-14(15-5-3-6-16(23(15)28)25(29)30)31-26(36)19-13-34(21-10-27(21)7-4-8-27)22(35)9-20(19)32-24-17-11-33(2)12-18(17)24/h3,5-6,9,13-14,17-18,21,24-25,32H,4,7-8,10-12H2,1-2H3,(H,31,36)/t14-,17-,18+,21+,24+/m1/s1. The zero-order valence-electron chi connectivity index (χ0n) is 20.4. The number of nitrogens with zero attached hydrogens (tertiary/aromatic N) is 2. The first kappa shape index (κ1) is 23.6. The molecule has 1 aromatic heterocycles. The van der Waals surface area contributed by atoms with Gasteiger partial charge in [0.15, 0.2) is 0 Å². The fraction of sp³-hybridized carbons (Fsp3) is 0.556. The highest BCUT2D eigenvalue weighted by Gasteiger charge is 2.59. The Morgan fingerprint density at radius 2 is 1.86 bits per heavy atom. The Balaban J connectivity index is 1.28. The first-order valence-corrected chi connectivity index (χ1v) is 12.8. The van der Waals surface area contributed by atoms with E-state index >= 15 is 0 Å². The maximum absolute atomic E-state index is 14.7. The molecular weight excluding hydrogens is 469 g/mol. The molecule has 3 saturated carbocycles. The molecule has 9 heteroatoms. The number of hydrogen-bond acceptors (Lipinski definition) is 4. The number of pyridine rings is 1. The monoisotopic (exact) mass is 500 g/mol. The molecule has 5 atom stereocenters. The molecule has 0 unspecified atom stereocenters. The molecule has 1 amide bonds. The first-order chi connectivity index (χ1) is 17.2. The van der Waals surface area contributed by atoms with Gasteiger partial charge in [0.25, 0.3) is 17.9 Å². The third-order valence-electron chi connectivity index (χ3n) is 8.96. The second kappa shape index (κ2) is 8.36. The number of nitrogens with one attached hydrogen (secondary N) is 2. The highest BCUT2D eigenvalue weighted by Crippen LogP contribution is 2.67. The molecule has 4 aliphatic rings. The number of alkyl halides is 2. The number of halogens is 3. The van der Waals surface area contributed by atoms with Crippen LogP contribution in [0.5, 0.6) is 0 Å². The summed E-state index contributed by atoms with van der Waals surface area (Å²) in [4.78, 5) is 28.8. The van der Waals surface area contributed by atoms with Gasteiger partial charge in [-0.3, -0.25) is 9.59 Å². The molecule has 1 saturated heterocycles. The van der Waals surface area contributed by atoms with E-state index in [9.17, 15) is 22.8 Å². The van der Waals surface area contributed by atoms with Gasteiger partial charge >= 0.3 is 0 Å². The number of benzene rings is 1. The Morgan fingerprint density at radius 3 is 2.47 bits per heavy atom. The van der Waals surface area contributed by atoms with E-state index in [1.807, 2.05) is 0 Å². The molecule has 2 heterocycles. The zero-order chi connectivity index (χ0) is 25.4. The van der Waals surface area contributed by atoms with Crippen LogP contribution in [0.15, 0.2) is 35.3 Å². The summed E-state index contributed by atoms with van der Waals surface area (Å²) in [5, 5.41) is 6.22. The second-order valence-electron chi connectivity index (χ2n) is 11.2. The van der Waals surface area contributed by atoms with Crippen molar-refractivity contribution in [2.45, 2.75) is 57.2 Å². The Morgan fingerprint density at radius 1 is 1.17 bits per heavy atom. The minimum atomic E-state index is -2.94. The van der Waals surface area contributed by atoms with Crippen molar-refractivity contribution < 1.29 is 18.0 Å². The number of carbonyl (C=O) groups excluding carboxylic acids is 1. The van der Waals surface area contributed by atoms with Crippen molar-refractivity contribution in [2.24, 2.45) is 17.3 Å². The normalized spacial score (nSPS) is 28.5. The Hall–Kier alpha value is -2.81. The maximum atomic E-state index is 14.7.